The van der Waals surface area contributed by atoms with Crippen molar-refractivity contribution >= 4 is 28.6 Å². The first-order chi connectivity index (χ1) is 9.72. The van der Waals surface area contributed by atoms with Crippen LogP contribution in [0.5, 0.6) is 0 Å². The van der Waals surface area contributed by atoms with Gasteiger partial charge in [-0.15, -0.1) is 11.3 Å². The Kier molecular flexibility index (Phi) is 4.29. The summed E-state index contributed by atoms with van der Waals surface area (Å²) in [5.41, 5.74) is 2.78. The normalized spacial score (nSPS) is 17.2. The van der Waals surface area contributed by atoms with Crippen molar-refractivity contribution in [1.29, 1.82) is 0 Å². The standard InChI is InChI=1S/C16H19ClN2S/c1-19(11-13-6-7-16(17)20-13)9-8-12-10-18-15-5-3-2-4-14(12)15/h2-7,12,18H,8-11H2,1H3. The van der Waals surface area contributed by atoms with E-state index < -0.39 is 0 Å². The smallest absolute Gasteiger partial charge is 0.0931 e. The molecule has 0 saturated carbocycles. The van der Waals surface area contributed by atoms with Crippen LogP contribution in [0.3, 0.4) is 0 Å². The van der Waals surface area contributed by atoms with Gasteiger partial charge in [0.25, 0.3) is 0 Å². The Hall–Kier alpha value is -1.03. The van der Waals surface area contributed by atoms with Crippen molar-refractivity contribution in [2.45, 2.75) is 18.9 Å². The van der Waals surface area contributed by atoms with E-state index in [1.54, 1.807) is 11.3 Å². The molecule has 3 rings (SSSR count). The Morgan fingerprint density at radius 3 is 2.95 bits per heavy atom. The lowest BCUT2D eigenvalue weighted by Gasteiger charge is -2.18. The lowest BCUT2D eigenvalue weighted by atomic mass is 9.98. The second-order valence-corrected chi connectivity index (χ2v) is 7.20. The summed E-state index contributed by atoms with van der Waals surface area (Å²) < 4.78 is 0.877. The second kappa shape index (κ2) is 6.17. The van der Waals surface area contributed by atoms with E-state index in [2.05, 4.69) is 47.6 Å². The van der Waals surface area contributed by atoms with Crippen LogP contribution in [-0.2, 0) is 6.54 Å². The highest BCUT2D eigenvalue weighted by Gasteiger charge is 2.21. The fraction of sp³-hybridized carbons (Fsp3) is 0.375. The maximum Gasteiger partial charge on any atom is 0.0931 e. The van der Waals surface area contributed by atoms with Gasteiger partial charge in [-0.25, -0.2) is 0 Å². The molecule has 1 aromatic carbocycles. The molecule has 0 fully saturated rings. The molecule has 1 aliphatic heterocycles. The lowest BCUT2D eigenvalue weighted by Crippen LogP contribution is -2.20. The van der Waals surface area contributed by atoms with Gasteiger partial charge >= 0.3 is 0 Å². The Bertz CT molecular complexity index is 581. The number of hydrogen-bond acceptors (Lipinski definition) is 3. The van der Waals surface area contributed by atoms with Crippen LogP contribution in [0, 0.1) is 0 Å². The fourth-order valence-electron chi connectivity index (χ4n) is 2.77. The number of hydrogen-bond donors (Lipinski definition) is 1. The minimum Gasteiger partial charge on any atom is -0.384 e. The highest BCUT2D eigenvalue weighted by atomic mass is 35.5. The van der Waals surface area contributed by atoms with Gasteiger partial charge in [-0.05, 0) is 43.8 Å². The number of halogens is 1. The van der Waals surface area contributed by atoms with Crippen molar-refractivity contribution in [2.24, 2.45) is 0 Å². The van der Waals surface area contributed by atoms with Gasteiger partial charge in [-0.2, -0.15) is 0 Å². The summed E-state index contributed by atoms with van der Waals surface area (Å²) in [7, 11) is 2.18. The first kappa shape index (κ1) is 13.9. The first-order valence-corrected chi connectivity index (χ1v) is 8.17. The molecule has 0 saturated heterocycles. The molecule has 2 aromatic rings. The van der Waals surface area contributed by atoms with Crippen molar-refractivity contribution in [1.82, 2.24) is 4.90 Å². The zero-order valence-corrected chi connectivity index (χ0v) is 13.2. The topological polar surface area (TPSA) is 15.3 Å². The summed E-state index contributed by atoms with van der Waals surface area (Å²) in [6, 6.07) is 12.8. The molecular formula is C16H19ClN2S. The maximum atomic E-state index is 5.97. The van der Waals surface area contributed by atoms with E-state index in [1.807, 2.05) is 6.07 Å². The average molecular weight is 307 g/mol. The van der Waals surface area contributed by atoms with Crippen LogP contribution in [0.2, 0.25) is 4.34 Å². The third kappa shape index (κ3) is 3.17. The molecule has 0 amide bonds. The number of anilines is 1. The van der Waals surface area contributed by atoms with Gasteiger partial charge in [0.15, 0.2) is 0 Å². The van der Waals surface area contributed by atoms with E-state index in [-0.39, 0.29) is 0 Å². The number of para-hydroxylation sites is 1. The van der Waals surface area contributed by atoms with E-state index in [1.165, 1.54) is 22.5 Å². The highest BCUT2D eigenvalue weighted by Crippen LogP contribution is 2.33. The van der Waals surface area contributed by atoms with Crippen LogP contribution < -0.4 is 5.32 Å². The van der Waals surface area contributed by atoms with Gasteiger partial charge in [0.1, 0.15) is 0 Å². The summed E-state index contributed by atoms with van der Waals surface area (Å²) in [5, 5.41) is 3.49. The summed E-state index contributed by atoms with van der Waals surface area (Å²) >= 11 is 7.65. The third-order valence-corrected chi connectivity index (χ3v) is 5.07. The van der Waals surface area contributed by atoms with E-state index in [0.717, 1.165) is 24.0 Å². The second-order valence-electron chi connectivity index (χ2n) is 5.40. The molecule has 2 nitrogen and oxygen atoms in total. The van der Waals surface area contributed by atoms with E-state index in [9.17, 15) is 0 Å². The van der Waals surface area contributed by atoms with Gasteiger partial charge in [0, 0.05) is 29.6 Å². The summed E-state index contributed by atoms with van der Waals surface area (Å²) in [5.74, 6) is 0.639. The van der Waals surface area contributed by atoms with E-state index in [4.69, 9.17) is 11.6 Å². The molecule has 0 bridgehead atoms. The summed E-state index contributed by atoms with van der Waals surface area (Å²) in [4.78, 5) is 3.71. The zero-order valence-electron chi connectivity index (χ0n) is 11.6. The molecule has 2 heterocycles. The SMILES string of the molecule is CN(CCC1CNc2ccccc21)Cc1ccc(Cl)s1. The Labute approximate surface area is 129 Å². The molecule has 20 heavy (non-hydrogen) atoms. The van der Waals surface area contributed by atoms with Crippen molar-refractivity contribution < 1.29 is 0 Å². The van der Waals surface area contributed by atoms with E-state index in [0.29, 0.717) is 5.92 Å². The number of fused-ring (bicyclic) bond motifs is 1. The van der Waals surface area contributed by atoms with Crippen molar-refractivity contribution in [3.8, 4) is 0 Å². The van der Waals surface area contributed by atoms with Crippen molar-refractivity contribution in [3.63, 3.8) is 0 Å². The number of benzene rings is 1. The Morgan fingerprint density at radius 2 is 2.15 bits per heavy atom. The van der Waals surface area contributed by atoms with Crippen molar-refractivity contribution in [3.05, 3.63) is 51.2 Å². The molecule has 1 atom stereocenters. The maximum absolute atomic E-state index is 5.97. The molecule has 1 aromatic heterocycles. The third-order valence-electron chi connectivity index (χ3n) is 3.85. The number of nitrogens with zero attached hydrogens (tertiary/aromatic N) is 1. The molecule has 106 valence electrons. The number of rotatable bonds is 5. The van der Waals surface area contributed by atoms with Gasteiger partial charge < -0.3 is 10.2 Å². The summed E-state index contributed by atoms with van der Waals surface area (Å²) in [6.45, 7) is 3.16. The number of nitrogens with one attached hydrogen (secondary N) is 1. The minimum atomic E-state index is 0.639. The molecule has 0 radical (unpaired) electrons. The lowest BCUT2D eigenvalue weighted by molar-refractivity contribution is 0.316. The largest absolute Gasteiger partial charge is 0.384 e. The average Bonchev–Trinajstić information content (AvgIpc) is 3.03. The highest BCUT2D eigenvalue weighted by molar-refractivity contribution is 7.16. The molecule has 0 aliphatic carbocycles. The van der Waals surface area contributed by atoms with Crippen LogP contribution in [-0.4, -0.2) is 25.0 Å². The van der Waals surface area contributed by atoms with Gasteiger partial charge in [-0.3, -0.25) is 0 Å². The van der Waals surface area contributed by atoms with Gasteiger partial charge in [0.05, 0.1) is 4.34 Å². The quantitative estimate of drug-likeness (QED) is 0.879. The predicted octanol–water partition coefficient (Wildman–Crippen LogP) is 4.43. The molecule has 1 N–H and O–H groups in total. The number of thiophene rings is 1. The monoisotopic (exact) mass is 306 g/mol. The fourth-order valence-corrected chi connectivity index (χ4v) is 3.94. The summed E-state index contributed by atoms with van der Waals surface area (Å²) in [6.07, 6.45) is 1.19. The van der Waals surface area contributed by atoms with Crippen LogP contribution in [0.1, 0.15) is 22.8 Å². The van der Waals surface area contributed by atoms with Gasteiger partial charge in [0.2, 0.25) is 0 Å². The zero-order chi connectivity index (χ0) is 13.9. The van der Waals surface area contributed by atoms with Crippen LogP contribution in [0.25, 0.3) is 0 Å². The molecular weight excluding hydrogens is 288 g/mol. The molecule has 0 spiro atoms. The first-order valence-electron chi connectivity index (χ1n) is 6.98. The van der Waals surface area contributed by atoms with Gasteiger partial charge in [-0.1, -0.05) is 29.8 Å². The molecule has 1 aliphatic rings. The van der Waals surface area contributed by atoms with Crippen LogP contribution in [0.15, 0.2) is 36.4 Å². The molecule has 4 heteroatoms. The van der Waals surface area contributed by atoms with E-state index >= 15 is 0 Å². The molecule has 1 unspecified atom stereocenters. The predicted molar refractivity (Wildman–Crippen MR) is 88.0 cm³/mol. The minimum absolute atomic E-state index is 0.639. The van der Waals surface area contributed by atoms with Crippen LogP contribution in [0.4, 0.5) is 5.69 Å². The Balaban J connectivity index is 1.53. The van der Waals surface area contributed by atoms with Crippen molar-refractivity contribution in [2.75, 3.05) is 25.5 Å². The van der Waals surface area contributed by atoms with Crippen LogP contribution >= 0.6 is 22.9 Å². The Morgan fingerprint density at radius 1 is 1.30 bits per heavy atom.